The highest BCUT2D eigenvalue weighted by molar-refractivity contribution is 7.12. The van der Waals surface area contributed by atoms with Crippen molar-refractivity contribution in [1.29, 1.82) is 0 Å². The number of carbonyl (C=O) groups excluding carboxylic acids is 2. The van der Waals surface area contributed by atoms with Crippen LogP contribution in [0, 0.1) is 5.92 Å². The van der Waals surface area contributed by atoms with Crippen LogP contribution in [-0.4, -0.2) is 54.1 Å². The van der Waals surface area contributed by atoms with E-state index in [2.05, 4.69) is 5.32 Å². The molecule has 0 radical (unpaired) electrons. The number of aromatic nitrogens is 1. The van der Waals surface area contributed by atoms with Gasteiger partial charge in [-0.05, 0) is 49.8 Å². The SMILES string of the molecule is CCOCCCNC(=O)C1CCN(C(=O)c2sccc2-n2cccc2)CC1. The summed E-state index contributed by atoms with van der Waals surface area (Å²) >= 11 is 1.47. The number of amides is 2. The van der Waals surface area contributed by atoms with Gasteiger partial charge in [0.1, 0.15) is 4.88 Å². The lowest BCUT2D eigenvalue weighted by atomic mass is 9.95. The van der Waals surface area contributed by atoms with Gasteiger partial charge in [0.05, 0.1) is 5.69 Å². The van der Waals surface area contributed by atoms with Gasteiger partial charge in [0.15, 0.2) is 0 Å². The molecule has 0 atom stereocenters. The van der Waals surface area contributed by atoms with Crippen LogP contribution in [0.15, 0.2) is 36.0 Å². The summed E-state index contributed by atoms with van der Waals surface area (Å²) in [4.78, 5) is 27.9. The van der Waals surface area contributed by atoms with Crippen molar-refractivity contribution in [1.82, 2.24) is 14.8 Å². The molecule has 2 amide bonds. The molecule has 3 rings (SSSR count). The maximum atomic E-state index is 12.9. The van der Waals surface area contributed by atoms with Gasteiger partial charge in [-0.2, -0.15) is 0 Å². The van der Waals surface area contributed by atoms with Crippen LogP contribution in [0.25, 0.3) is 5.69 Å². The van der Waals surface area contributed by atoms with Crippen LogP contribution in [0.4, 0.5) is 0 Å². The Morgan fingerprint density at radius 1 is 1.26 bits per heavy atom. The minimum absolute atomic E-state index is 0.00611. The van der Waals surface area contributed by atoms with E-state index in [1.807, 2.05) is 52.4 Å². The fourth-order valence-corrected chi connectivity index (χ4v) is 4.18. The van der Waals surface area contributed by atoms with Crippen molar-refractivity contribution in [3.8, 4) is 5.69 Å². The van der Waals surface area contributed by atoms with Gasteiger partial charge in [0, 0.05) is 51.2 Å². The van der Waals surface area contributed by atoms with Gasteiger partial charge in [-0.1, -0.05) is 0 Å². The Kier molecular flexibility index (Phi) is 7.06. The maximum absolute atomic E-state index is 12.9. The highest BCUT2D eigenvalue weighted by Crippen LogP contribution is 2.26. The third-order valence-corrected chi connectivity index (χ3v) is 5.73. The molecule has 1 aliphatic heterocycles. The summed E-state index contributed by atoms with van der Waals surface area (Å²) in [6.07, 6.45) is 6.15. The summed E-state index contributed by atoms with van der Waals surface area (Å²) in [5.74, 6) is 0.153. The largest absolute Gasteiger partial charge is 0.382 e. The van der Waals surface area contributed by atoms with E-state index in [9.17, 15) is 9.59 Å². The van der Waals surface area contributed by atoms with Gasteiger partial charge in [0.25, 0.3) is 5.91 Å². The first-order valence-corrected chi connectivity index (χ1v) is 10.4. The molecule has 0 saturated carbocycles. The second-order valence-electron chi connectivity index (χ2n) is 6.63. The normalized spacial score (nSPS) is 15.1. The Bertz CT molecular complexity index is 734. The zero-order chi connectivity index (χ0) is 19.1. The summed E-state index contributed by atoms with van der Waals surface area (Å²) in [6.45, 7) is 5.24. The number of nitrogens with one attached hydrogen (secondary N) is 1. The number of hydrogen-bond acceptors (Lipinski definition) is 4. The molecule has 1 aliphatic rings. The van der Waals surface area contributed by atoms with Crippen LogP contribution in [0.3, 0.4) is 0 Å². The molecule has 1 N–H and O–H groups in total. The molecule has 0 aliphatic carbocycles. The summed E-state index contributed by atoms with van der Waals surface area (Å²) in [5.41, 5.74) is 0.921. The number of ether oxygens (including phenoxy) is 1. The molecule has 0 bridgehead atoms. The van der Waals surface area contributed by atoms with Crippen LogP contribution < -0.4 is 5.32 Å². The van der Waals surface area contributed by atoms with Crippen molar-refractivity contribution in [2.75, 3.05) is 32.8 Å². The first kappa shape index (κ1) is 19.6. The third kappa shape index (κ3) is 4.99. The van der Waals surface area contributed by atoms with E-state index >= 15 is 0 Å². The smallest absolute Gasteiger partial charge is 0.266 e. The van der Waals surface area contributed by atoms with Crippen molar-refractivity contribution in [2.45, 2.75) is 26.2 Å². The predicted molar refractivity (Wildman–Crippen MR) is 106 cm³/mol. The topological polar surface area (TPSA) is 63.6 Å². The third-order valence-electron chi connectivity index (χ3n) is 4.84. The lowest BCUT2D eigenvalue weighted by Gasteiger charge is -2.31. The van der Waals surface area contributed by atoms with Crippen molar-refractivity contribution >= 4 is 23.2 Å². The predicted octanol–water partition coefficient (Wildman–Crippen LogP) is 2.93. The number of rotatable bonds is 8. The van der Waals surface area contributed by atoms with Crippen molar-refractivity contribution in [2.24, 2.45) is 5.92 Å². The van der Waals surface area contributed by atoms with Gasteiger partial charge < -0.3 is 19.5 Å². The quantitative estimate of drug-likeness (QED) is 0.706. The number of likely N-dealkylation sites (tertiary alicyclic amines) is 1. The average Bonchev–Trinajstić information content (AvgIpc) is 3.38. The fraction of sp³-hybridized carbons (Fsp3) is 0.500. The molecule has 0 spiro atoms. The lowest BCUT2D eigenvalue weighted by molar-refractivity contribution is -0.126. The Hall–Kier alpha value is -2.12. The van der Waals surface area contributed by atoms with Crippen LogP contribution in [0.1, 0.15) is 35.9 Å². The van der Waals surface area contributed by atoms with Gasteiger partial charge >= 0.3 is 0 Å². The minimum Gasteiger partial charge on any atom is -0.382 e. The van der Waals surface area contributed by atoms with Crippen LogP contribution in [0.5, 0.6) is 0 Å². The Morgan fingerprint density at radius 2 is 2.00 bits per heavy atom. The molecule has 1 saturated heterocycles. The van der Waals surface area contributed by atoms with Gasteiger partial charge in [0.2, 0.25) is 5.91 Å². The number of carbonyl (C=O) groups is 2. The molecule has 1 fully saturated rings. The van der Waals surface area contributed by atoms with Crippen LogP contribution in [0.2, 0.25) is 0 Å². The summed E-state index contributed by atoms with van der Waals surface area (Å²) in [7, 11) is 0. The fourth-order valence-electron chi connectivity index (χ4n) is 3.32. The highest BCUT2D eigenvalue weighted by Gasteiger charge is 2.29. The molecule has 3 heterocycles. The second kappa shape index (κ2) is 9.71. The highest BCUT2D eigenvalue weighted by atomic mass is 32.1. The Morgan fingerprint density at radius 3 is 2.70 bits per heavy atom. The minimum atomic E-state index is -0.00611. The lowest BCUT2D eigenvalue weighted by Crippen LogP contribution is -2.43. The van der Waals surface area contributed by atoms with Crippen molar-refractivity contribution in [3.05, 3.63) is 40.8 Å². The zero-order valence-electron chi connectivity index (χ0n) is 15.7. The van der Waals surface area contributed by atoms with E-state index in [1.165, 1.54) is 11.3 Å². The van der Waals surface area contributed by atoms with E-state index < -0.39 is 0 Å². The molecule has 7 heteroatoms. The Labute approximate surface area is 164 Å². The summed E-state index contributed by atoms with van der Waals surface area (Å²) in [6, 6.07) is 5.87. The monoisotopic (exact) mass is 389 g/mol. The first-order chi connectivity index (χ1) is 13.2. The second-order valence-corrected chi connectivity index (χ2v) is 7.55. The van der Waals surface area contributed by atoms with Gasteiger partial charge in [-0.15, -0.1) is 11.3 Å². The van der Waals surface area contributed by atoms with Crippen LogP contribution in [-0.2, 0) is 9.53 Å². The van der Waals surface area contributed by atoms with Gasteiger partial charge in [-0.25, -0.2) is 0 Å². The van der Waals surface area contributed by atoms with E-state index in [0.717, 1.165) is 17.0 Å². The number of thiophene rings is 1. The van der Waals surface area contributed by atoms with E-state index in [4.69, 9.17) is 4.74 Å². The van der Waals surface area contributed by atoms with Crippen LogP contribution >= 0.6 is 11.3 Å². The molecule has 27 heavy (non-hydrogen) atoms. The van der Waals surface area contributed by atoms with Crippen molar-refractivity contribution in [3.63, 3.8) is 0 Å². The summed E-state index contributed by atoms with van der Waals surface area (Å²) < 4.78 is 7.24. The molecular formula is C20H27N3O3S. The van der Waals surface area contributed by atoms with E-state index in [0.29, 0.717) is 45.7 Å². The first-order valence-electron chi connectivity index (χ1n) is 9.56. The van der Waals surface area contributed by atoms with E-state index in [1.54, 1.807) is 0 Å². The molecule has 0 unspecified atom stereocenters. The van der Waals surface area contributed by atoms with Gasteiger partial charge in [-0.3, -0.25) is 9.59 Å². The molecular weight excluding hydrogens is 362 g/mol. The maximum Gasteiger partial charge on any atom is 0.266 e. The van der Waals surface area contributed by atoms with Crippen molar-refractivity contribution < 1.29 is 14.3 Å². The summed E-state index contributed by atoms with van der Waals surface area (Å²) in [5, 5.41) is 4.94. The number of hydrogen-bond donors (Lipinski definition) is 1. The molecule has 2 aromatic rings. The zero-order valence-corrected chi connectivity index (χ0v) is 16.5. The number of nitrogens with zero attached hydrogens (tertiary/aromatic N) is 2. The molecule has 0 aromatic carbocycles. The number of piperidine rings is 1. The average molecular weight is 390 g/mol. The molecule has 2 aromatic heterocycles. The molecule has 6 nitrogen and oxygen atoms in total. The molecule has 146 valence electrons. The standard InChI is InChI=1S/C20H27N3O3S/c1-2-26-14-5-9-21-19(24)16-6-12-23(13-7-16)20(25)18-17(8-15-27-18)22-10-3-4-11-22/h3-4,8,10-11,15-16H,2,5-7,9,12-14H2,1H3,(H,21,24). The van der Waals surface area contributed by atoms with E-state index in [-0.39, 0.29) is 17.7 Å². The Balaban J connectivity index is 1.49.